The van der Waals surface area contributed by atoms with E-state index >= 15 is 0 Å². The molecular formula is C23H24ClF2N5O3. The Bertz CT molecular complexity index is 1130. The number of anilines is 2. The molecule has 0 atom stereocenters. The van der Waals surface area contributed by atoms with E-state index in [1.54, 1.807) is 29.9 Å². The fourth-order valence-electron chi connectivity index (χ4n) is 3.63. The van der Waals surface area contributed by atoms with Crippen molar-refractivity contribution in [1.82, 2.24) is 14.7 Å². The second-order valence-electron chi connectivity index (χ2n) is 7.65. The van der Waals surface area contributed by atoms with Crippen LogP contribution in [-0.2, 0) is 11.8 Å². The van der Waals surface area contributed by atoms with Gasteiger partial charge in [0, 0.05) is 37.9 Å². The van der Waals surface area contributed by atoms with Gasteiger partial charge in [0.05, 0.1) is 30.1 Å². The third kappa shape index (κ3) is 5.64. The summed E-state index contributed by atoms with van der Waals surface area (Å²) in [5, 5.41) is 9.38. The molecule has 8 nitrogen and oxygen atoms in total. The third-order valence-electron chi connectivity index (χ3n) is 5.36. The maximum atomic E-state index is 13.9. The van der Waals surface area contributed by atoms with Crippen LogP contribution in [0.5, 0.6) is 5.75 Å². The SMILES string of the molecule is Cn1ncc(Cl)c1-c1cc(NC(=O)Nc2c(F)cccc2F)ccc1OCCN1CCOCC1. The van der Waals surface area contributed by atoms with E-state index < -0.39 is 23.4 Å². The van der Waals surface area contributed by atoms with Crippen molar-refractivity contribution < 1.29 is 23.0 Å². The van der Waals surface area contributed by atoms with Crippen molar-refractivity contribution in [1.29, 1.82) is 0 Å². The van der Waals surface area contributed by atoms with Crippen LogP contribution in [0.2, 0.25) is 5.02 Å². The minimum atomic E-state index is -0.874. The van der Waals surface area contributed by atoms with Crippen molar-refractivity contribution in [2.24, 2.45) is 7.05 Å². The number of hydrogen-bond donors (Lipinski definition) is 2. The van der Waals surface area contributed by atoms with Gasteiger partial charge in [-0.3, -0.25) is 9.58 Å². The fraction of sp³-hybridized carbons (Fsp3) is 0.304. The summed E-state index contributed by atoms with van der Waals surface area (Å²) in [5.41, 5.74) is 1.06. The minimum absolute atomic E-state index is 0.377. The number of ether oxygens (including phenoxy) is 2. The van der Waals surface area contributed by atoms with Gasteiger partial charge in [-0.05, 0) is 30.3 Å². The second kappa shape index (κ2) is 10.8. The summed E-state index contributed by atoms with van der Waals surface area (Å²) in [4.78, 5) is 14.7. The number of benzene rings is 2. The zero-order valence-electron chi connectivity index (χ0n) is 18.5. The van der Waals surface area contributed by atoms with Crippen molar-refractivity contribution in [2.45, 2.75) is 0 Å². The number of aryl methyl sites for hydroxylation is 1. The Hall–Kier alpha value is -3.21. The number of rotatable bonds is 7. The molecule has 1 fully saturated rings. The second-order valence-corrected chi connectivity index (χ2v) is 8.06. The first-order valence-electron chi connectivity index (χ1n) is 10.7. The van der Waals surface area contributed by atoms with Crippen LogP contribution < -0.4 is 15.4 Å². The molecule has 0 spiro atoms. The lowest BCUT2D eigenvalue weighted by molar-refractivity contribution is 0.0323. The lowest BCUT2D eigenvalue weighted by Crippen LogP contribution is -2.38. The van der Waals surface area contributed by atoms with E-state index in [2.05, 4.69) is 20.6 Å². The minimum Gasteiger partial charge on any atom is -0.492 e. The largest absolute Gasteiger partial charge is 0.492 e. The highest BCUT2D eigenvalue weighted by Crippen LogP contribution is 2.36. The molecule has 2 amide bonds. The highest BCUT2D eigenvalue weighted by molar-refractivity contribution is 6.33. The molecule has 2 heterocycles. The first-order valence-corrected chi connectivity index (χ1v) is 11.1. The summed E-state index contributed by atoms with van der Waals surface area (Å²) < 4.78 is 40.7. The van der Waals surface area contributed by atoms with Gasteiger partial charge in [0.25, 0.3) is 0 Å². The van der Waals surface area contributed by atoms with E-state index in [0.717, 1.165) is 31.8 Å². The topological polar surface area (TPSA) is 80.7 Å². The maximum Gasteiger partial charge on any atom is 0.323 e. The zero-order valence-corrected chi connectivity index (χ0v) is 19.2. The molecule has 0 aliphatic carbocycles. The average molecular weight is 492 g/mol. The fourth-order valence-corrected chi connectivity index (χ4v) is 3.90. The summed E-state index contributed by atoms with van der Waals surface area (Å²) in [6, 6.07) is 7.55. The highest BCUT2D eigenvalue weighted by atomic mass is 35.5. The van der Waals surface area contributed by atoms with Crippen molar-refractivity contribution in [3.05, 3.63) is 59.3 Å². The van der Waals surface area contributed by atoms with Gasteiger partial charge in [0.2, 0.25) is 0 Å². The molecule has 0 saturated carbocycles. The zero-order chi connectivity index (χ0) is 24.1. The normalized spacial score (nSPS) is 14.1. The van der Waals surface area contributed by atoms with E-state index in [4.69, 9.17) is 21.1 Å². The van der Waals surface area contributed by atoms with E-state index in [-0.39, 0.29) is 0 Å². The van der Waals surface area contributed by atoms with Gasteiger partial charge < -0.3 is 20.1 Å². The molecule has 0 unspecified atom stereocenters. The number of amides is 2. The summed E-state index contributed by atoms with van der Waals surface area (Å²) in [5.74, 6) is -1.19. The molecule has 1 aliphatic rings. The smallest absolute Gasteiger partial charge is 0.323 e. The molecule has 1 aliphatic heterocycles. The van der Waals surface area contributed by atoms with Crippen molar-refractivity contribution in [3.63, 3.8) is 0 Å². The Labute approximate surface area is 200 Å². The van der Waals surface area contributed by atoms with Crippen LogP contribution in [0, 0.1) is 11.6 Å². The molecule has 34 heavy (non-hydrogen) atoms. The first kappa shape index (κ1) is 23.9. The van der Waals surface area contributed by atoms with E-state index in [0.29, 0.717) is 47.5 Å². The van der Waals surface area contributed by atoms with Crippen LogP contribution in [0.1, 0.15) is 0 Å². The van der Waals surface area contributed by atoms with Gasteiger partial charge in [-0.25, -0.2) is 13.6 Å². The van der Waals surface area contributed by atoms with Gasteiger partial charge in [-0.15, -0.1) is 0 Å². The van der Waals surface area contributed by atoms with Crippen LogP contribution in [0.25, 0.3) is 11.3 Å². The number of nitrogens with one attached hydrogen (secondary N) is 2. The van der Waals surface area contributed by atoms with Crippen LogP contribution in [0.15, 0.2) is 42.6 Å². The number of halogens is 3. The van der Waals surface area contributed by atoms with Crippen molar-refractivity contribution in [3.8, 4) is 17.0 Å². The quantitative estimate of drug-likeness (QED) is 0.513. The molecule has 2 aromatic carbocycles. The first-order chi connectivity index (χ1) is 16.4. The Kier molecular flexibility index (Phi) is 7.61. The average Bonchev–Trinajstić information content (AvgIpc) is 3.15. The molecular weight excluding hydrogens is 468 g/mol. The Morgan fingerprint density at radius 1 is 1.18 bits per heavy atom. The van der Waals surface area contributed by atoms with Crippen LogP contribution >= 0.6 is 11.6 Å². The number of carbonyl (C=O) groups is 1. The number of nitrogens with zero attached hydrogens (tertiary/aromatic N) is 3. The van der Waals surface area contributed by atoms with E-state index in [9.17, 15) is 13.6 Å². The Morgan fingerprint density at radius 3 is 2.59 bits per heavy atom. The van der Waals surface area contributed by atoms with Gasteiger partial charge in [-0.1, -0.05) is 17.7 Å². The standard InChI is InChI=1S/C23H24ClF2N5O3/c1-30-22(17(24)14-27-30)16-13-15(28-23(32)29-21-18(25)3-2-4-19(21)26)5-6-20(16)34-12-9-31-7-10-33-11-8-31/h2-6,13-14H,7-12H2,1H3,(H2,28,29,32). The predicted octanol–water partition coefficient (Wildman–Crippen LogP) is 4.37. The van der Waals surface area contributed by atoms with Crippen molar-refractivity contribution in [2.75, 3.05) is 50.1 Å². The van der Waals surface area contributed by atoms with Gasteiger partial charge in [0.15, 0.2) is 0 Å². The number of urea groups is 1. The predicted molar refractivity (Wildman–Crippen MR) is 125 cm³/mol. The summed E-state index contributed by atoms with van der Waals surface area (Å²) in [6.07, 6.45) is 1.52. The Morgan fingerprint density at radius 2 is 1.91 bits per heavy atom. The number of morpholine rings is 1. The lowest BCUT2D eigenvalue weighted by Gasteiger charge is -2.26. The highest BCUT2D eigenvalue weighted by Gasteiger charge is 2.18. The molecule has 180 valence electrons. The summed E-state index contributed by atoms with van der Waals surface area (Å²) in [7, 11) is 1.74. The number of hydrogen-bond acceptors (Lipinski definition) is 5. The van der Waals surface area contributed by atoms with Crippen LogP contribution in [0.4, 0.5) is 25.0 Å². The lowest BCUT2D eigenvalue weighted by atomic mass is 10.1. The number of carbonyl (C=O) groups excluding carboxylic acids is 1. The van der Waals surface area contributed by atoms with Gasteiger partial charge >= 0.3 is 6.03 Å². The molecule has 0 radical (unpaired) electrons. The molecule has 1 aromatic heterocycles. The summed E-state index contributed by atoms with van der Waals surface area (Å²) in [6.45, 7) is 4.29. The molecule has 0 bridgehead atoms. The van der Waals surface area contributed by atoms with Gasteiger partial charge in [-0.2, -0.15) is 5.10 Å². The monoisotopic (exact) mass is 491 g/mol. The van der Waals surface area contributed by atoms with Crippen molar-refractivity contribution >= 4 is 29.0 Å². The number of aromatic nitrogens is 2. The summed E-state index contributed by atoms with van der Waals surface area (Å²) >= 11 is 6.36. The molecule has 11 heteroatoms. The van der Waals surface area contributed by atoms with Gasteiger partial charge in [0.1, 0.15) is 29.7 Å². The van der Waals surface area contributed by atoms with Crippen LogP contribution in [-0.4, -0.2) is 60.2 Å². The number of para-hydroxylation sites is 1. The molecule has 3 aromatic rings. The molecule has 2 N–H and O–H groups in total. The maximum absolute atomic E-state index is 13.9. The van der Waals surface area contributed by atoms with E-state index in [1.165, 1.54) is 12.3 Å². The van der Waals surface area contributed by atoms with Crippen LogP contribution in [0.3, 0.4) is 0 Å². The molecule has 1 saturated heterocycles. The third-order valence-corrected chi connectivity index (χ3v) is 5.63. The Balaban J connectivity index is 1.52. The molecule has 4 rings (SSSR count). The van der Waals surface area contributed by atoms with E-state index in [1.807, 2.05) is 0 Å².